The summed E-state index contributed by atoms with van der Waals surface area (Å²) in [5, 5.41) is 16.3. The number of para-hydroxylation sites is 1. The highest BCUT2D eigenvalue weighted by molar-refractivity contribution is 5.80. The molecule has 0 saturated carbocycles. The SMILES string of the molecule is CN=C(NCCCOC1CCOCC1)NC1CCCN(c2ccccc2C#N)C1. The summed E-state index contributed by atoms with van der Waals surface area (Å²) in [4.78, 5) is 6.67. The number of piperidine rings is 1. The average Bonchev–Trinajstić information content (AvgIpc) is 2.79. The molecule has 0 radical (unpaired) electrons. The number of aliphatic imine (C=N–C) groups is 1. The first-order valence-electron chi connectivity index (χ1n) is 10.7. The summed E-state index contributed by atoms with van der Waals surface area (Å²) >= 11 is 0. The maximum absolute atomic E-state index is 9.38. The van der Waals surface area contributed by atoms with Crippen molar-refractivity contribution in [3.63, 3.8) is 0 Å². The molecule has 0 aliphatic carbocycles. The molecule has 1 aromatic rings. The zero-order chi connectivity index (χ0) is 20.3. The summed E-state index contributed by atoms with van der Waals surface area (Å²) in [5.41, 5.74) is 1.76. The normalized spacial score (nSPS) is 20.9. The van der Waals surface area contributed by atoms with Crippen LogP contribution in [0.2, 0.25) is 0 Å². The lowest BCUT2D eigenvalue weighted by atomic mass is 10.0. The number of ether oxygens (including phenoxy) is 2. The van der Waals surface area contributed by atoms with Crippen LogP contribution in [0.5, 0.6) is 0 Å². The quantitative estimate of drug-likeness (QED) is 0.416. The van der Waals surface area contributed by atoms with Gasteiger partial charge in [-0.05, 0) is 44.2 Å². The molecule has 2 fully saturated rings. The van der Waals surface area contributed by atoms with E-state index in [4.69, 9.17) is 9.47 Å². The second-order valence-electron chi connectivity index (χ2n) is 7.59. The van der Waals surface area contributed by atoms with Crippen LogP contribution in [0, 0.1) is 11.3 Å². The van der Waals surface area contributed by atoms with E-state index in [2.05, 4.69) is 26.6 Å². The van der Waals surface area contributed by atoms with E-state index in [1.165, 1.54) is 0 Å². The molecule has 0 aromatic heterocycles. The second-order valence-corrected chi connectivity index (χ2v) is 7.59. The van der Waals surface area contributed by atoms with Crippen molar-refractivity contribution in [1.82, 2.24) is 10.6 Å². The first-order valence-corrected chi connectivity index (χ1v) is 10.7. The van der Waals surface area contributed by atoms with E-state index in [0.29, 0.717) is 12.1 Å². The Hall–Kier alpha value is -2.30. The van der Waals surface area contributed by atoms with Crippen LogP contribution in [0.3, 0.4) is 0 Å². The van der Waals surface area contributed by atoms with Crippen molar-refractivity contribution in [3.8, 4) is 6.07 Å². The molecule has 7 heteroatoms. The molecule has 2 N–H and O–H groups in total. The van der Waals surface area contributed by atoms with Gasteiger partial charge in [0, 0.05) is 52.5 Å². The Kier molecular flexibility index (Phi) is 8.59. The highest BCUT2D eigenvalue weighted by Gasteiger charge is 2.22. The summed E-state index contributed by atoms with van der Waals surface area (Å²) in [7, 11) is 1.80. The highest BCUT2D eigenvalue weighted by Crippen LogP contribution is 2.23. The van der Waals surface area contributed by atoms with E-state index >= 15 is 0 Å². The van der Waals surface area contributed by atoms with Crippen LogP contribution in [0.15, 0.2) is 29.3 Å². The molecule has 1 unspecified atom stereocenters. The predicted octanol–water partition coefficient (Wildman–Crippen LogP) is 2.28. The van der Waals surface area contributed by atoms with Gasteiger partial charge in [-0.1, -0.05) is 12.1 Å². The zero-order valence-corrected chi connectivity index (χ0v) is 17.4. The van der Waals surface area contributed by atoms with Crippen LogP contribution < -0.4 is 15.5 Å². The van der Waals surface area contributed by atoms with Gasteiger partial charge in [-0.3, -0.25) is 4.99 Å². The van der Waals surface area contributed by atoms with Gasteiger partial charge in [0.15, 0.2) is 5.96 Å². The van der Waals surface area contributed by atoms with Gasteiger partial charge >= 0.3 is 0 Å². The largest absolute Gasteiger partial charge is 0.381 e. The third kappa shape index (κ3) is 6.62. The van der Waals surface area contributed by atoms with Gasteiger partial charge in [-0.2, -0.15) is 5.26 Å². The van der Waals surface area contributed by atoms with Crippen molar-refractivity contribution in [2.45, 2.75) is 44.2 Å². The van der Waals surface area contributed by atoms with Crippen LogP contribution in [0.1, 0.15) is 37.7 Å². The third-order valence-corrected chi connectivity index (χ3v) is 5.49. The van der Waals surface area contributed by atoms with Crippen molar-refractivity contribution in [1.29, 1.82) is 5.26 Å². The van der Waals surface area contributed by atoms with E-state index in [0.717, 1.165) is 88.8 Å². The molecule has 0 amide bonds. The Morgan fingerprint density at radius 3 is 2.93 bits per heavy atom. The smallest absolute Gasteiger partial charge is 0.191 e. The standard InChI is InChI=1S/C22H33N5O2/c1-24-22(25-11-5-13-29-20-9-14-28-15-10-20)26-19-7-4-12-27(17-19)21-8-3-2-6-18(21)16-23/h2-3,6,8,19-20H,4-5,7,9-15,17H2,1H3,(H2,24,25,26). The van der Waals surface area contributed by atoms with Crippen LogP contribution in [0.25, 0.3) is 0 Å². The van der Waals surface area contributed by atoms with Crippen LogP contribution in [-0.4, -0.2) is 64.6 Å². The maximum Gasteiger partial charge on any atom is 0.191 e. The molecule has 7 nitrogen and oxygen atoms in total. The number of nitriles is 1. The molecule has 0 spiro atoms. The van der Waals surface area contributed by atoms with Gasteiger partial charge < -0.3 is 25.0 Å². The Morgan fingerprint density at radius 2 is 2.14 bits per heavy atom. The van der Waals surface area contributed by atoms with Crippen molar-refractivity contribution in [2.75, 3.05) is 51.4 Å². The van der Waals surface area contributed by atoms with Gasteiger partial charge in [0.05, 0.1) is 17.4 Å². The van der Waals surface area contributed by atoms with E-state index in [1.54, 1.807) is 7.05 Å². The summed E-state index contributed by atoms with van der Waals surface area (Å²) in [6.07, 6.45) is 5.50. The number of anilines is 1. The Morgan fingerprint density at radius 1 is 1.31 bits per heavy atom. The first kappa shape index (κ1) is 21.4. The molecule has 1 aromatic carbocycles. The minimum Gasteiger partial charge on any atom is -0.381 e. The summed E-state index contributed by atoms with van der Waals surface area (Å²) in [6, 6.07) is 10.4. The molecular formula is C22H33N5O2. The fourth-order valence-corrected chi connectivity index (χ4v) is 3.92. The maximum atomic E-state index is 9.38. The molecule has 2 aliphatic heterocycles. The minimum atomic E-state index is 0.306. The highest BCUT2D eigenvalue weighted by atomic mass is 16.5. The third-order valence-electron chi connectivity index (χ3n) is 5.49. The summed E-state index contributed by atoms with van der Waals surface area (Å²) < 4.78 is 11.3. The number of nitrogens with zero attached hydrogens (tertiary/aromatic N) is 3. The lowest BCUT2D eigenvalue weighted by Crippen LogP contribution is -2.51. The monoisotopic (exact) mass is 399 g/mol. The molecule has 29 heavy (non-hydrogen) atoms. The number of hydrogen-bond acceptors (Lipinski definition) is 5. The number of guanidine groups is 1. The van der Waals surface area contributed by atoms with Crippen molar-refractivity contribution < 1.29 is 9.47 Å². The topological polar surface area (TPSA) is 81.9 Å². The van der Waals surface area contributed by atoms with E-state index < -0.39 is 0 Å². The zero-order valence-electron chi connectivity index (χ0n) is 17.4. The van der Waals surface area contributed by atoms with Gasteiger partial charge in [0.2, 0.25) is 0 Å². The molecule has 2 aliphatic rings. The molecule has 1 atom stereocenters. The minimum absolute atomic E-state index is 0.306. The van der Waals surface area contributed by atoms with Gasteiger partial charge in [-0.25, -0.2) is 0 Å². The molecule has 0 bridgehead atoms. The van der Waals surface area contributed by atoms with Crippen LogP contribution in [0.4, 0.5) is 5.69 Å². The summed E-state index contributed by atoms with van der Waals surface area (Å²) in [6.45, 7) is 5.07. The lowest BCUT2D eigenvalue weighted by molar-refractivity contribution is -0.0320. The molecule has 2 heterocycles. The van der Waals surface area contributed by atoms with Crippen LogP contribution >= 0.6 is 0 Å². The first-order chi connectivity index (χ1) is 14.3. The van der Waals surface area contributed by atoms with E-state index in [1.807, 2.05) is 24.3 Å². The summed E-state index contributed by atoms with van der Waals surface area (Å²) in [5.74, 6) is 0.830. The number of nitrogens with one attached hydrogen (secondary N) is 2. The van der Waals surface area contributed by atoms with Gasteiger partial charge in [0.25, 0.3) is 0 Å². The van der Waals surface area contributed by atoms with Crippen molar-refractivity contribution in [2.24, 2.45) is 4.99 Å². The van der Waals surface area contributed by atoms with Gasteiger partial charge in [0.1, 0.15) is 6.07 Å². The lowest BCUT2D eigenvalue weighted by Gasteiger charge is -2.35. The van der Waals surface area contributed by atoms with Crippen LogP contribution in [-0.2, 0) is 9.47 Å². The average molecular weight is 400 g/mol. The number of hydrogen-bond donors (Lipinski definition) is 2. The Labute approximate surface area is 174 Å². The van der Waals surface area contributed by atoms with E-state index in [9.17, 15) is 5.26 Å². The van der Waals surface area contributed by atoms with Gasteiger partial charge in [-0.15, -0.1) is 0 Å². The number of benzene rings is 1. The molecule has 158 valence electrons. The van der Waals surface area contributed by atoms with Crippen molar-refractivity contribution in [3.05, 3.63) is 29.8 Å². The molecule has 2 saturated heterocycles. The second kappa shape index (κ2) is 11.6. The molecular weight excluding hydrogens is 366 g/mol. The predicted molar refractivity (Wildman–Crippen MR) is 115 cm³/mol. The van der Waals surface area contributed by atoms with E-state index in [-0.39, 0.29) is 0 Å². The Bertz CT molecular complexity index is 697. The fourth-order valence-electron chi connectivity index (χ4n) is 3.92. The number of rotatable bonds is 7. The Balaban J connectivity index is 1.40. The molecule has 3 rings (SSSR count). The fraction of sp³-hybridized carbons (Fsp3) is 0.636. The van der Waals surface area contributed by atoms with Crippen molar-refractivity contribution >= 4 is 11.6 Å².